The number of rotatable bonds is 4. The Balaban J connectivity index is 1.67. The quantitative estimate of drug-likeness (QED) is 0.867. The van der Waals surface area contributed by atoms with E-state index in [0.29, 0.717) is 19.7 Å². The highest BCUT2D eigenvalue weighted by Crippen LogP contribution is 2.20. The maximum absolute atomic E-state index is 12.0. The van der Waals surface area contributed by atoms with Gasteiger partial charge in [0.2, 0.25) is 5.95 Å². The minimum atomic E-state index is -0.794. The topological polar surface area (TPSA) is 70.6 Å². The first kappa shape index (κ1) is 16.1. The van der Waals surface area contributed by atoms with E-state index < -0.39 is 5.60 Å². The summed E-state index contributed by atoms with van der Waals surface area (Å²) in [6.07, 6.45) is 4.25. The lowest BCUT2D eigenvalue weighted by Gasteiger charge is -2.38. The molecule has 0 radical (unpaired) electrons. The number of amides is 1. The van der Waals surface area contributed by atoms with E-state index in [1.165, 1.54) is 12.8 Å². The Morgan fingerprint density at radius 3 is 2.91 bits per heavy atom. The van der Waals surface area contributed by atoms with E-state index in [1.807, 2.05) is 19.2 Å². The number of morpholine rings is 1. The molecule has 2 aliphatic rings. The van der Waals surface area contributed by atoms with Crippen LogP contribution in [0.25, 0.3) is 0 Å². The van der Waals surface area contributed by atoms with Crippen molar-refractivity contribution in [2.75, 3.05) is 44.7 Å². The second kappa shape index (κ2) is 6.80. The van der Waals surface area contributed by atoms with E-state index in [-0.39, 0.29) is 5.91 Å². The molecule has 0 aromatic carbocycles. The van der Waals surface area contributed by atoms with Crippen LogP contribution >= 0.6 is 0 Å². The van der Waals surface area contributed by atoms with Gasteiger partial charge in [0.1, 0.15) is 0 Å². The largest absolute Gasteiger partial charge is 0.363 e. The second-order valence-electron chi connectivity index (χ2n) is 6.41. The maximum atomic E-state index is 12.0. The van der Waals surface area contributed by atoms with Gasteiger partial charge in [0, 0.05) is 46.0 Å². The molecule has 0 saturated carbocycles. The van der Waals surface area contributed by atoms with Gasteiger partial charge in [-0.25, -0.2) is 9.97 Å². The summed E-state index contributed by atoms with van der Waals surface area (Å²) < 4.78 is 5.70. The summed E-state index contributed by atoms with van der Waals surface area (Å²) in [7, 11) is 1.64. The molecule has 3 heterocycles. The van der Waals surface area contributed by atoms with Crippen LogP contribution in [0.2, 0.25) is 0 Å². The molecule has 126 valence electrons. The Kier molecular flexibility index (Phi) is 4.77. The van der Waals surface area contributed by atoms with Crippen molar-refractivity contribution in [2.24, 2.45) is 0 Å². The number of ether oxygens (including phenoxy) is 1. The van der Waals surface area contributed by atoms with Crippen LogP contribution in [-0.2, 0) is 16.1 Å². The molecule has 0 spiro atoms. The number of nitrogens with one attached hydrogen (secondary N) is 1. The molecule has 7 heteroatoms. The average Bonchev–Trinajstić information content (AvgIpc) is 3.09. The van der Waals surface area contributed by atoms with E-state index in [9.17, 15) is 4.79 Å². The summed E-state index contributed by atoms with van der Waals surface area (Å²) in [5.41, 5.74) is 0.195. The number of nitrogens with zero attached hydrogens (tertiary/aromatic N) is 4. The van der Waals surface area contributed by atoms with Crippen LogP contribution in [0.5, 0.6) is 0 Å². The molecule has 1 atom stereocenters. The molecule has 1 aromatic heterocycles. The zero-order valence-corrected chi connectivity index (χ0v) is 13.9. The van der Waals surface area contributed by atoms with Crippen molar-refractivity contribution >= 4 is 11.9 Å². The van der Waals surface area contributed by atoms with Crippen molar-refractivity contribution in [1.29, 1.82) is 0 Å². The first-order chi connectivity index (χ1) is 11.1. The Labute approximate surface area is 137 Å². The average molecular weight is 319 g/mol. The molecule has 2 fully saturated rings. The molecule has 23 heavy (non-hydrogen) atoms. The molecule has 0 bridgehead atoms. The van der Waals surface area contributed by atoms with Crippen LogP contribution in [0, 0.1) is 0 Å². The summed E-state index contributed by atoms with van der Waals surface area (Å²) in [5, 5.41) is 2.68. The highest BCUT2D eigenvalue weighted by atomic mass is 16.5. The van der Waals surface area contributed by atoms with Gasteiger partial charge < -0.3 is 15.0 Å². The minimum absolute atomic E-state index is 0.0809. The van der Waals surface area contributed by atoms with Crippen molar-refractivity contribution in [3.05, 3.63) is 18.0 Å². The van der Waals surface area contributed by atoms with E-state index in [0.717, 1.165) is 31.3 Å². The molecule has 7 nitrogen and oxygen atoms in total. The summed E-state index contributed by atoms with van der Waals surface area (Å²) in [6, 6.07) is 1.95. The number of carbonyl (C=O) groups is 1. The third kappa shape index (κ3) is 3.61. The van der Waals surface area contributed by atoms with Gasteiger partial charge in [0.15, 0.2) is 5.60 Å². The van der Waals surface area contributed by atoms with E-state index in [4.69, 9.17) is 9.72 Å². The van der Waals surface area contributed by atoms with Crippen molar-refractivity contribution in [3.8, 4) is 0 Å². The van der Waals surface area contributed by atoms with Crippen LogP contribution < -0.4 is 10.2 Å². The fourth-order valence-corrected chi connectivity index (χ4v) is 3.26. The SMILES string of the molecule is CNC(=O)C1(C)CN(Cc2ccnc(N3CCCC3)n2)CCO1. The van der Waals surface area contributed by atoms with Gasteiger partial charge in [0.25, 0.3) is 5.91 Å². The Hall–Kier alpha value is -1.73. The lowest BCUT2D eigenvalue weighted by Crippen LogP contribution is -2.57. The highest BCUT2D eigenvalue weighted by molar-refractivity contribution is 5.84. The summed E-state index contributed by atoms with van der Waals surface area (Å²) in [4.78, 5) is 25.6. The summed E-state index contributed by atoms with van der Waals surface area (Å²) in [6.45, 7) is 6.54. The molecule has 2 saturated heterocycles. The van der Waals surface area contributed by atoms with Crippen molar-refractivity contribution in [2.45, 2.75) is 31.9 Å². The van der Waals surface area contributed by atoms with Gasteiger partial charge >= 0.3 is 0 Å². The Morgan fingerprint density at radius 1 is 1.39 bits per heavy atom. The van der Waals surface area contributed by atoms with Gasteiger partial charge in [-0.2, -0.15) is 0 Å². The van der Waals surface area contributed by atoms with E-state index in [1.54, 1.807) is 7.05 Å². The molecular weight excluding hydrogens is 294 g/mol. The standard InChI is InChI=1S/C16H25N5O2/c1-16(14(22)17-2)12-20(9-10-23-16)11-13-5-6-18-15(19-13)21-7-3-4-8-21/h5-6H,3-4,7-12H2,1-2H3,(H,17,22). The predicted octanol–water partition coefficient (Wildman–Crippen LogP) is 0.414. The van der Waals surface area contributed by atoms with Crippen LogP contribution in [0.1, 0.15) is 25.5 Å². The highest BCUT2D eigenvalue weighted by Gasteiger charge is 2.38. The smallest absolute Gasteiger partial charge is 0.253 e. The van der Waals surface area contributed by atoms with Gasteiger partial charge in [-0.15, -0.1) is 0 Å². The van der Waals surface area contributed by atoms with Gasteiger partial charge in [-0.1, -0.05) is 0 Å². The first-order valence-electron chi connectivity index (χ1n) is 8.26. The zero-order chi connectivity index (χ0) is 16.3. The number of anilines is 1. The predicted molar refractivity (Wildman–Crippen MR) is 87.2 cm³/mol. The second-order valence-corrected chi connectivity index (χ2v) is 6.41. The van der Waals surface area contributed by atoms with Crippen molar-refractivity contribution in [3.63, 3.8) is 0 Å². The number of aromatic nitrogens is 2. The number of likely N-dealkylation sites (N-methyl/N-ethyl adjacent to an activating group) is 1. The maximum Gasteiger partial charge on any atom is 0.253 e. The number of hydrogen-bond acceptors (Lipinski definition) is 6. The molecule has 0 aliphatic carbocycles. The van der Waals surface area contributed by atoms with Crippen LogP contribution in [0.4, 0.5) is 5.95 Å². The Morgan fingerprint density at radius 2 is 2.17 bits per heavy atom. The molecular formula is C16H25N5O2. The fraction of sp³-hybridized carbons (Fsp3) is 0.688. The first-order valence-corrected chi connectivity index (χ1v) is 8.26. The zero-order valence-electron chi connectivity index (χ0n) is 13.9. The van der Waals surface area contributed by atoms with Crippen LogP contribution in [0.15, 0.2) is 12.3 Å². The van der Waals surface area contributed by atoms with E-state index >= 15 is 0 Å². The van der Waals surface area contributed by atoms with Crippen LogP contribution in [-0.4, -0.2) is 66.2 Å². The molecule has 2 aliphatic heterocycles. The lowest BCUT2D eigenvalue weighted by atomic mass is 10.0. The molecule has 1 unspecified atom stereocenters. The summed E-state index contributed by atoms with van der Waals surface area (Å²) in [5.74, 6) is 0.741. The van der Waals surface area contributed by atoms with Gasteiger partial charge in [0.05, 0.1) is 12.3 Å². The van der Waals surface area contributed by atoms with Crippen LogP contribution in [0.3, 0.4) is 0 Å². The lowest BCUT2D eigenvalue weighted by molar-refractivity contribution is -0.156. The molecule has 1 aromatic rings. The van der Waals surface area contributed by atoms with Crippen molar-refractivity contribution in [1.82, 2.24) is 20.2 Å². The normalized spacial score (nSPS) is 25.6. The fourth-order valence-electron chi connectivity index (χ4n) is 3.26. The monoisotopic (exact) mass is 319 g/mol. The molecule has 1 N–H and O–H groups in total. The number of hydrogen-bond donors (Lipinski definition) is 1. The van der Waals surface area contributed by atoms with E-state index in [2.05, 4.69) is 20.1 Å². The summed E-state index contributed by atoms with van der Waals surface area (Å²) >= 11 is 0. The molecule has 3 rings (SSSR count). The number of carbonyl (C=O) groups excluding carboxylic acids is 1. The van der Waals surface area contributed by atoms with Gasteiger partial charge in [-0.05, 0) is 25.8 Å². The van der Waals surface area contributed by atoms with Gasteiger partial charge in [-0.3, -0.25) is 9.69 Å². The minimum Gasteiger partial charge on any atom is -0.363 e. The third-order valence-corrected chi connectivity index (χ3v) is 4.54. The third-order valence-electron chi connectivity index (χ3n) is 4.54. The van der Waals surface area contributed by atoms with Crippen molar-refractivity contribution < 1.29 is 9.53 Å². The molecule has 1 amide bonds. The Bertz CT molecular complexity index is 561.